The standard InChI is InChI=1S/C17H25N5O2S/c1-13(2)19-16(22-6-4-21(5-7-22)8-9-23)10-14(3)20-17-18-11-15(12-24)25-17/h10-12,23H,3-9H2,1-2H3,(H,18,20)/b16-10+. The number of carbonyl (C=O) groups is 1. The number of β-amino-alcohol motifs (C(OH)–C–C–N with tert-alkyl or cyclic N) is 1. The van der Waals surface area contributed by atoms with Gasteiger partial charge in [0.15, 0.2) is 11.4 Å². The molecule has 0 bridgehead atoms. The molecular formula is C17H25N5O2S. The summed E-state index contributed by atoms with van der Waals surface area (Å²) >= 11 is 1.28. The van der Waals surface area contributed by atoms with Crippen LogP contribution in [0.3, 0.4) is 0 Å². The van der Waals surface area contributed by atoms with Crippen molar-refractivity contribution >= 4 is 28.5 Å². The second-order valence-corrected chi connectivity index (χ2v) is 7.01. The molecule has 0 radical (unpaired) electrons. The van der Waals surface area contributed by atoms with Gasteiger partial charge >= 0.3 is 0 Å². The number of aromatic nitrogens is 1. The number of hydrogen-bond acceptors (Lipinski definition) is 8. The van der Waals surface area contributed by atoms with Crippen molar-refractivity contribution in [3.8, 4) is 0 Å². The first-order chi connectivity index (χ1) is 12.0. The van der Waals surface area contributed by atoms with Crippen LogP contribution in [0.1, 0.15) is 23.5 Å². The topological polar surface area (TPSA) is 81.1 Å². The lowest BCUT2D eigenvalue weighted by Crippen LogP contribution is -2.46. The third kappa shape index (κ3) is 6.08. The van der Waals surface area contributed by atoms with Crippen LogP contribution in [-0.2, 0) is 0 Å². The van der Waals surface area contributed by atoms with Gasteiger partial charge in [-0.25, -0.2) is 9.98 Å². The van der Waals surface area contributed by atoms with E-state index in [4.69, 9.17) is 5.11 Å². The maximum Gasteiger partial charge on any atom is 0.187 e. The van der Waals surface area contributed by atoms with E-state index in [0.717, 1.165) is 44.0 Å². The van der Waals surface area contributed by atoms with Crippen LogP contribution >= 0.6 is 11.3 Å². The molecule has 8 heteroatoms. The fraction of sp³-hybridized carbons (Fsp3) is 0.471. The van der Waals surface area contributed by atoms with Gasteiger partial charge in [-0.05, 0) is 13.8 Å². The predicted octanol–water partition coefficient (Wildman–Crippen LogP) is 1.81. The minimum Gasteiger partial charge on any atom is -0.395 e. The molecule has 1 aromatic heterocycles. The van der Waals surface area contributed by atoms with Crippen molar-refractivity contribution < 1.29 is 9.90 Å². The number of carbonyl (C=O) groups excluding carboxylic acids is 1. The fourth-order valence-corrected chi connectivity index (χ4v) is 3.16. The molecule has 7 nitrogen and oxygen atoms in total. The summed E-state index contributed by atoms with van der Waals surface area (Å²) in [5, 5.41) is 12.8. The molecule has 136 valence electrons. The number of nitrogens with zero attached hydrogens (tertiary/aromatic N) is 4. The first-order valence-electron chi connectivity index (χ1n) is 8.20. The zero-order valence-electron chi connectivity index (χ0n) is 14.7. The first-order valence-corrected chi connectivity index (χ1v) is 9.02. The van der Waals surface area contributed by atoms with Gasteiger partial charge in [0.05, 0.1) is 17.7 Å². The summed E-state index contributed by atoms with van der Waals surface area (Å²) in [5.41, 5.74) is 1.64. The summed E-state index contributed by atoms with van der Waals surface area (Å²) in [6.07, 6.45) is 4.22. The van der Waals surface area contributed by atoms with Crippen LogP contribution in [0.5, 0.6) is 0 Å². The molecule has 2 rings (SSSR count). The van der Waals surface area contributed by atoms with E-state index in [1.807, 2.05) is 19.9 Å². The van der Waals surface area contributed by atoms with Gasteiger partial charge < -0.3 is 15.3 Å². The summed E-state index contributed by atoms with van der Waals surface area (Å²) < 4.78 is 0. The van der Waals surface area contributed by atoms with Gasteiger partial charge in [0.1, 0.15) is 5.82 Å². The number of aliphatic hydroxyl groups is 1. The van der Waals surface area contributed by atoms with Crippen LogP contribution < -0.4 is 5.32 Å². The highest BCUT2D eigenvalue weighted by Crippen LogP contribution is 2.19. The summed E-state index contributed by atoms with van der Waals surface area (Å²) in [4.78, 5) is 24.6. The van der Waals surface area contributed by atoms with Crippen molar-refractivity contribution in [1.29, 1.82) is 0 Å². The van der Waals surface area contributed by atoms with Crippen LogP contribution in [0.15, 0.2) is 35.4 Å². The molecule has 1 saturated heterocycles. The number of nitrogens with one attached hydrogen (secondary N) is 1. The van der Waals surface area contributed by atoms with Gasteiger partial charge in [0.2, 0.25) is 0 Å². The van der Waals surface area contributed by atoms with E-state index in [2.05, 4.69) is 31.7 Å². The SMILES string of the molecule is C=C(/C=C(\N=C(C)C)N1CCN(CCO)CC1)Nc1ncc(C=O)s1. The molecule has 0 aliphatic carbocycles. The zero-order chi connectivity index (χ0) is 18.2. The van der Waals surface area contributed by atoms with Gasteiger partial charge in [0, 0.05) is 50.2 Å². The molecule has 0 aromatic carbocycles. The van der Waals surface area contributed by atoms with Crippen molar-refractivity contribution in [3.63, 3.8) is 0 Å². The van der Waals surface area contributed by atoms with Crippen LogP contribution in [0.25, 0.3) is 0 Å². The van der Waals surface area contributed by atoms with Crippen molar-refractivity contribution in [2.75, 3.05) is 44.6 Å². The number of aldehydes is 1. The molecule has 0 saturated carbocycles. The van der Waals surface area contributed by atoms with Crippen molar-refractivity contribution in [2.24, 2.45) is 4.99 Å². The molecule has 0 atom stereocenters. The molecule has 2 N–H and O–H groups in total. The minimum absolute atomic E-state index is 0.187. The molecule has 2 heterocycles. The molecule has 1 aromatic rings. The summed E-state index contributed by atoms with van der Waals surface area (Å²) in [6, 6.07) is 0. The van der Waals surface area contributed by atoms with E-state index in [1.165, 1.54) is 17.5 Å². The lowest BCUT2D eigenvalue weighted by molar-refractivity contribution is 0.112. The van der Waals surface area contributed by atoms with Crippen molar-refractivity contribution in [2.45, 2.75) is 13.8 Å². The Morgan fingerprint density at radius 2 is 2.16 bits per heavy atom. The average Bonchev–Trinajstić information content (AvgIpc) is 3.02. The number of rotatable bonds is 8. The summed E-state index contributed by atoms with van der Waals surface area (Å²) in [6.45, 7) is 12.3. The first kappa shape index (κ1) is 19.3. The van der Waals surface area contributed by atoms with Crippen LogP contribution in [0, 0.1) is 0 Å². The number of anilines is 1. The molecule has 1 aliphatic rings. The van der Waals surface area contributed by atoms with E-state index in [-0.39, 0.29) is 6.61 Å². The molecule has 0 spiro atoms. The smallest absolute Gasteiger partial charge is 0.187 e. The molecule has 0 amide bonds. The largest absolute Gasteiger partial charge is 0.395 e. The average molecular weight is 363 g/mol. The minimum atomic E-state index is 0.187. The summed E-state index contributed by atoms with van der Waals surface area (Å²) in [7, 11) is 0. The number of aliphatic hydroxyl groups excluding tert-OH is 1. The normalized spacial score (nSPS) is 15.8. The molecule has 1 fully saturated rings. The van der Waals surface area contributed by atoms with Gasteiger partial charge in [0.25, 0.3) is 0 Å². The van der Waals surface area contributed by atoms with E-state index in [9.17, 15) is 4.79 Å². The maximum atomic E-state index is 10.7. The second-order valence-electron chi connectivity index (χ2n) is 5.95. The Morgan fingerprint density at radius 1 is 1.44 bits per heavy atom. The second kappa shape index (κ2) is 9.45. The number of hydrogen-bond donors (Lipinski definition) is 2. The monoisotopic (exact) mass is 363 g/mol. The molecule has 1 aliphatic heterocycles. The Labute approximate surface area is 152 Å². The lowest BCUT2D eigenvalue weighted by Gasteiger charge is -2.35. The number of aliphatic imine (C=N–C) groups is 1. The maximum absolute atomic E-state index is 10.7. The number of piperazine rings is 1. The zero-order valence-corrected chi connectivity index (χ0v) is 15.6. The summed E-state index contributed by atoms with van der Waals surface area (Å²) in [5.74, 6) is 0.855. The number of thiazole rings is 1. The van der Waals surface area contributed by atoms with Crippen LogP contribution in [0.2, 0.25) is 0 Å². The highest BCUT2D eigenvalue weighted by molar-refractivity contribution is 7.17. The molecule has 25 heavy (non-hydrogen) atoms. The Morgan fingerprint density at radius 3 is 2.72 bits per heavy atom. The van der Waals surface area contributed by atoms with Gasteiger partial charge in [-0.2, -0.15) is 0 Å². The van der Waals surface area contributed by atoms with E-state index in [1.54, 1.807) is 0 Å². The Bertz CT molecular complexity index is 656. The quantitative estimate of drug-likeness (QED) is 0.417. The lowest BCUT2D eigenvalue weighted by atomic mass is 10.3. The van der Waals surface area contributed by atoms with E-state index >= 15 is 0 Å². The third-order valence-electron chi connectivity index (χ3n) is 3.66. The Hall–Kier alpha value is -2.03. The fourth-order valence-electron chi connectivity index (χ4n) is 2.49. The Kier molecular flexibility index (Phi) is 7.30. The van der Waals surface area contributed by atoms with Crippen LogP contribution in [-0.4, -0.2) is 71.2 Å². The highest BCUT2D eigenvalue weighted by atomic mass is 32.1. The molecular weight excluding hydrogens is 338 g/mol. The van der Waals surface area contributed by atoms with Crippen molar-refractivity contribution in [3.05, 3.63) is 35.2 Å². The van der Waals surface area contributed by atoms with Gasteiger partial charge in [-0.3, -0.25) is 9.69 Å². The van der Waals surface area contributed by atoms with E-state index in [0.29, 0.717) is 22.3 Å². The third-order valence-corrected chi connectivity index (χ3v) is 4.50. The van der Waals surface area contributed by atoms with E-state index < -0.39 is 0 Å². The molecule has 0 unspecified atom stereocenters. The predicted molar refractivity (Wildman–Crippen MR) is 102 cm³/mol. The van der Waals surface area contributed by atoms with Crippen LogP contribution in [0.4, 0.5) is 5.13 Å². The highest BCUT2D eigenvalue weighted by Gasteiger charge is 2.18. The number of allylic oxidation sites excluding steroid dienone is 1. The van der Waals surface area contributed by atoms with Gasteiger partial charge in [-0.15, -0.1) is 0 Å². The van der Waals surface area contributed by atoms with Crippen molar-refractivity contribution in [1.82, 2.24) is 14.8 Å². The Balaban J connectivity index is 2.05. The van der Waals surface area contributed by atoms with Gasteiger partial charge in [-0.1, -0.05) is 17.9 Å².